The van der Waals surface area contributed by atoms with Gasteiger partial charge in [0.15, 0.2) is 0 Å². The zero-order valence-corrected chi connectivity index (χ0v) is 13.3. The van der Waals surface area contributed by atoms with Crippen LogP contribution in [0.1, 0.15) is 51.8 Å². The van der Waals surface area contributed by atoms with Gasteiger partial charge in [0.1, 0.15) is 5.75 Å². The van der Waals surface area contributed by atoms with Crippen LogP contribution >= 0.6 is 0 Å². The van der Waals surface area contributed by atoms with Crippen molar-refractivity contribution in [1.29, 1.82) is 0 Å². The van der Waals surface area contributed by atoms with Gasteiger partial charge in [0.25, 0.3) is 0 Å². The van der Waals surface area contributed by atoms with Crippen molar-refractivity contribution in [3.05, 3.63) is 29.3 Å². The van der Waals surface area contributed by atoms with Crippen molar-refractivity contribution in [3.63, 3.8) is 0 Å². The maximum Gasteiger partial charge on any atom is 0.123 e. The van der Waals surface area contributed by atoms with E-state index >= 15 is 0 Å². The number of ether oxygens (including phenoxy) is 1. The van der Waals surface area contributed by atoms with E-state index in [0.29, 0.717) is 12.4 Å². The first-order valence-electron chi connectivity index (χ1n) is 6.65. The summed E-state index contributed by atoms with van der Waals surface area (Å²) in [5, 5.41) is 0. The van der Waals surface area contributed by atoms with E-state index in [1.54, 1.807) is 0 Å². The van der Waals surface area contributed by atoms with Crippen LogP contribution in [0.2, 0.25) is 0 Å². The highest BCUT2D eigenvalue weighted by Crippen LogP contribution is 2.26. The van der Waals surface area contributed by atoms with Gasteiger partial charge >= 0.3 is 0 Å². The summed E-state index contributed by atoms with van der Waals surface area (Å²) in [5.74, 6) is 1.31. The van der Waals surface area contributed by atoms with Gasteiger partial charge < -0.3 is 10.5 Å². The van der Waals surface area contributed by atoms with Crippen molar-refractivity contribution in [2.24, 2.45) is 5.73 Å². The Bertz CT molecular complexity index is 450. The van der Waals surface area contributed by atoms with E-state index in [1.807, 2.05) is 52.8 Å². The van der Waals surface area contributed by atoms with E-state index in [9.17, 15) is 4.21 Å². The monoisotopic (exact) mass is 283 g/mol. The molecule has 0 heterocycles. The molecule has 0 aliphatic carbocycles. The molecule has 2 unspecified atom stereocenters. The van der Waals surface area contributed by atoms with Crippen LogP contribution in [0.4, 0.5) is 0 Å². The minimum Gasteiger partial charge on any atom is -0.494 e. The lowest BCUT2D eigenvalue weighted by molar-refractivity contribution is 0.337. The third-order valence-electron chi connectivity index (χ3n) is 2.88. The molecule has 0 amide bonds. The molecule has 1 aromatic rings. The molecule has 2 N–H and O–H groups in total. The summed E-state index contributed by atoms with van der Waals surface area (Å²) < 4.78 is 17.7. The average molecular weight is 283 g/mol. The van der Waals surface area contributed by atoms with Crippen molar-refractivity contribution >= 4 is 10.8 Å². The molecule has 0 spiro atoms. The summed E-state index contributed by atoms with van der Waals surface area (Å²) in [6, 6.07) is 5.88. The third-order valence-corrected chi connectivity index (χ3v) is 4.82. The molecule has 1 aromatic carbocycles. The Morgan fingerprint density at radius 1 is 1.37 bits per heavy atom. The fourth-order valence-electron chi connectivity index (χ4n) is 1.65. The smallest absolute Gasteiger partial charge is 0.123 e. The molecule has 19 heavy (non-hydrogen) atoms. The molecule has 1 rings (SSSR count). The first kappa shape index (κ1) is 16.2. The lowest BCUT2D eigenvalue weighted by atomic mass is 10.1. The number of hydrogen-bond donors (Lipinski definition) is 1. The van der Waals surface area contributed by atoms with Crippen LogP contribution in [0.3, 0.4) is 0 Å². The van der Waals surface area contributed by atoms with Crippen molar-refractivity contribution in [1.82, 2.24) is 0 Å². The normalized spacial score (nSPS) is 15.1. The van der Waals surface area contributed by atoms with Gasteiger partial charge in [0, 0.05) is 27.2 Å². The Labute approximate surface area is 119 Å². The van der Waals surface area contributed by atoms with Crippen LogP contribution in [-0.4, -0.2) is 15.6 Å². The molecule has 3 nitrogen and oxygen atoms in total. The Hall–Kier alpha value is -0.870. The van der Waals surface area contributed by atoms with Gasteiger partial charge in [-0.2, -0.15) is 0 Å². The van der Waals surface area contributed by atoms with E-state index in [4.69, 9.17) is 10.5 Å². The average Bonchev–Trinajstić information content (AvgIpc) is 2.30. The molecule has 0 bridgehead atoms. The lowest BCUT2D eigenvalue weighted by Gasteiger charge is -2.20. The lowest BCUT2D eigenvalue weighted by Crippen LogP contribution is -2.23. The zero-order valence-electron chi connectivity index (χ0n) is 12.5. The number of nitrogens with two attached hydrogens (primary N) is 1. The maximum absolute atomic E-state index is 12.3. The molecular formula is C15H25NO2S. The van der Waals surface area contributed by atoms with Gasteiger partial charge in [0.2, 0.25) is 0 Å². The summed E-state index contributed by atoms with van der Waals surface area (Å²) in [7, 11) is -0.944. The molecule has 108 valence electrons. The minimum absolute atomic E-state index is 0.0301. The second-order valence-electron chi connectivity index (χ2n) is 5.69. The van der Waals surface area contributed by atoms with E-state index < -0.39 is 10.8 Å². The first-order chi connectivity index (χ1) is 8.75. The highest BCUT2D eigenvalue weighted by molar-refractivity contribution is 7.85. The van der Waals surface area contributed by atoms with Crippen molar-refractivity contribution in [2.75, 3.05) is 6.61 Å². The Kier molecular flexibility index (Phi) is 5.56. The second kappa shape index (κ2) is 6.53. The van der Waals surface area contributed by atoms with E-state index in [0.717, 1.165) is 16.9 Å². The molecule has 0 fully saturated rings. The fourth-order valence-corrected chi connectivity index (χ4v) is 2.59. The van der Waals surface area contributed by atoms with Crippen molar-refractivity contribution in [2.45, 2.75) is 51.2 Å². The summed E-state index contributed by atoms with van der Waals surface area (Å²) >= 11 is 0. The van der Waals surface area contributed by atoms with Crippen molar-refractivity contribution in [3.8, 4) is 5.75 Å². The standard InChI is InChI=1S/C15H25NO2S/c1-6-18-14-8-7-12(11(2)16)9-13(14)10-19(17)15(3,4)5/h7-9,11H,6,10,16H2,1-5H3. The number of hydrogen-bond acceptors (Lipinski definition) is 3. The van der Waals surface area contributed by atoms with Gasteiger partial charge in [-0.25, -0.2) is 0 Å². The largest absolute Gasteiger partial charge is 0.494 e. The summed E-state index contributed by atoms with van der Waals surface area (Å²) in [4.78, 5) is 0. The molecule has 0 aliphatic heterocycles. The first-order valence-corrected chi connectivity index (χ1v) is 7.97. The predicted octanol–water partition coefficient (Wildman–Crippen LogP) is 3.15. The quantitative estimate of drug-likeness (QED) is 0.903. The zero-order chi connectivity index (χ0) is 14.6. The second-order valence-corrected chi connectivity index (χ2v) is 7.90. The molecule has 0 saturated carbocycles. The summed E-state index contributed by atoms with van der Waals surface area (Å²) in [6.45, 7) is 10.5. The van der Waals surface area contributed by atoms with Crippen LogP contribution < -0.4 is 10.5 Å². The Balaban J connectivity index is 3.07. The Morgan fingerprint density at radius 2 is 2.00 bits per heavy atom. The van der Waals surface area contributed by atoms with Gasteiger partial charge in [0.05, 0.1) is 12.4 Å². The Morgan fingerprint density at radius 3 is 2.47 bits per heavy atom. The van der Waals surface area contributed by atoms with Gasteiger partial charge in [-0.15, -0.1) is 0 Å². The minimum atomic E-state index is -0.944. The van der Waals surface area contributed by atoms with E-state index in [-0.39, 0.29) is 10.8 Å². The fraction of sp³-hybridized carbons (Fsp3) is 0.600. The third kappa shape index (κ3) is 4.62. The van der Waals surface area contributed by atoms with Crippen LogP contribution in [0, 0.1) is 0 Å². The van der Waals surface area contributed by atoms with Crippen LogP contribution in [0.5, 0.6) is 5.75 Å². The molecule has 0 radical (unpaired) electrons. The SMILES string of the molecule is CCOc1ccc(C(C)N)cc1CS(=O)C(C)(C)C. The van der Waals surface area contributed by atoms with Crippen LogP contribution in [-0.2, 0) is 16.6 Å². The van der Waals surface area contributed by atoms with E-state index in [2.05, 4.69) is 0 Å². The highest BCUT2D eigenvalue weighted by atomic mass is 32.2. The topological polar surface area (TPSA) is 52.3 Å². The number of rotatable bonds is 5. The molecule has 2 atom stereocenters. The number of benzene rings is 1. The predicted molar refractivity (Wildman–Crippen MR) is 81.8 cm³/mol. The molecule has 4 heteroatoms. The van der Waals surface area contributed by atoms with Crippen LogP contribution in [0.25, 0.3) is 0 Å². The van der Waals surface area contributed by atoms with E-state index in [1.165, 1.54) is 0 Å². The van der Waals surface area contributed by atoms with Gasteiger partial charge in [-0.1, -0.05) is 6.07 Å². The summed E-state index contributed by atoms with van der Waals surface area (Å²) in [5.41, 5.74) is 7.93. The molecule has 0 saturated heterocycles. The summed E-state index contributed by atoms with van der Waals surface area (Å²) in [6.07, 6.45) is 0. The van der Waals surface area contributed by atoms with Gasteiger partial charge in [-0.3, -0.25) is 4.21 Å². The van der Waals surface area contributed by atoms with Crippen molar-refractivity contribution < 1.29 is 8.95 Å². The molecule has 0 aromatic heterocycles. The highest BCUT2D eigenvalue weighted by Gasteiger charge is 2.21. The van der Waals surface area contributed by atoms with Crippen LogP contribution in [0.15, 0.2) is 18.2 Å². The molecular weight excluding hydrogens is 258 g/mol. The van der Waals surface area contributed by atoms with Gasteiger partial charge in [-0.05, 0) is 52.3 Å². The maximum atomic E-state index is 12.3. The molecule has 0 aliphatic rings.